The fourth-order valence-corrected chi connectivity index (χ4v) is 3.26. The number of esters is 1. The van der Waals surface area contributed by atoms with Gasteiger partial charge < -0.3 is 18.5 Å². The maximum Gasteiger partial charge on any atom is 0.311 e. The van der Waals surface area contributed by atoms with E-state index in [-0.39, 0.29) is 35.5 Å². The van der Waals surface area contributed by atoms with E-state index in [4.69, 9.17) is 13.7 Å². The van der Waals surface area contributed by atoms with E-state index in [1.807, 2.05) is 19.9 Å². The summed E-state index contributed by atoms with van der Waals surface area (Å²) in [7, 11) is 0. The highest BCUT2D eigenvalue weighted by Gasteiger charge is 2.27. The predicted molar refractivity (Wildman–Crippen MR) is 131 cm³/mol. The van der Waals surface area contributed by atoms with Crippen LogP contribution in [-0.4, -0.2) is 34.3 Å². The Morgan fingerprint density at radius 3 is 2.11 bits per heavy atom. The number of furan rings is 1. The Morgan fingerprint density at radius 1 is 1.00 bits per heavy atom. The number of nitrogens with zero attached hydrogens (tertiary/aromatic N) is 1. The first-order chi connectivity index (χ1) is 16.9. The molecule has 0 aromatic carbocycles. The second-order valence-electron chi connectivity index (χ2n) is 8.73. The van der Waals surface area contributed by atoms with Crippen LogP contribution in [0.2, 0.25) is 0 Å². The van der Waals surface area contributed by atoms with Crippen molar-refractivity contribution in [2.75, 3.05) is 0 Å². The zero-order valence-corrected chi connectivity index (χ0v) is 21.8. The molecule has 196 valence electrons. The van der Waals surface area contributed by atoms with E-state index in [1.54, 1.807) is 19.1 Å². The van der Waals surface area contributed by atoms with E-state index in [0.29, 0.717) is 37.2 Å². The van der Waals surface area contributed by atoms with Gasteiger partial charge in [-0.25, -0.2) is 0 Å². The minimum Gasteiger partial charge on any atom is -0.468 e. The summed E-state index contributed by atoms with van der Waals surface area (Å²) in [5.74, 6) is 0.581. The Balaban J connectivity index is 0.000000301. The number of carbonyl (C=O) groups is 5. The predicted octanol–water partition coefficient (Wildman–Crippen LogP) is 4.93. The molecule has 0 aliphatic carbocycles. The van der Waals surface area contributed by atoms with Gasteiger partial charge in [0.2, 0.25) is 0 Å². The number of hydrogen-bond acceptors (Lipinski definition) is 9. The van der Waals surface area contributed by atoms with Gasteiger partial charge >= 0.3 is 5.97 Å². The van der Waals surface area contributed by atoms with Crippen molar-refractivity contribution in [1.82, 2.24) is 5.16 Å². The quantitative estimate of drug-likeness (QED) is 0.346. The topological polar surface area (TPSA) is 134 Å². The van der Waals surface area contributed by atoms with Crippen molar-refractivity contribution in [2.45, 2.75) is 86.0 Å². The van der Waals surface area contributed by atoms with Crippen LogP contribution in [0.5, 0.6) is 0 Å². The van der Waals surface area contributed by atoms with E-state index in [2.05, 4.69) is 5.16 Å². The van der Waals surface area contributed by atoms with Crippen molar-refractivity contribution in [3.8, 4) is 0 Å². The summed E-state index contributed by atoms with van der Waals surface area (Å²) in [6, 6.07) is 3.47. The van der Waals surface area contributed by atoms with E-state index < -0.39 is 5.92 Å². The standard InChI is InChI=1S/C14H18O4.C7H9NO2.C6H8O2/c1-9-7-13(18-8-9)14(11(3)16)12(17)6-4-5-10(2)15;1-5-3-7(10-8-5)4-6(2)9;1-5-3-2-4-6(7)8-5/h7-8,14H,4-6H2,1-3H3;3H,4H2,1-2H3;3H,2,4H2,1H3. The lowest BCUT2D eigenvalue weighted by Crippen LogP contribution is -2.19. The van der Waals surface area contributed by atoms with Crippen molar-refractivity contribution >= 4 is 29.1 Å². The van der Waals surface area contributed by atoms with Crippen LogP contribution in [0, 0.1) is 13.8 Å². The van der Waals surface area contributed by atoms with Crippen molar-refractivity contribution in [2.24, 2.45) is 0 Å². The van der Waals surface area contributed by atoms with Gasteiger partial charge in [0.05, 0.1) is 18.4 Å². The minimum absolute atomic E-state index is 0.0519. The van der Waals surface area contributed by atoms with Gasteiger partial charge in [-0.05, 0) is 72.1 Å². The third-order valence-corrected chi connectivity index (χ3v) is 4.87. The number of ketones is 4. The molecule has 0 N–H and O–H groups in total. The molecule has 0 radical (unpaired) electrons. The summed E-state index contributed by atoms with van der Waals surface area (Å²) < 4.78 is 14.7. The summed E-state index contributed by atoms with van der Waals surface area (Å²) in [5.41, 5.74) is 1.70. The summed E-state index contributed by atoms with van der Waals surface area (Å²) in [4.78, 5) is 55.3. The first-order valence-corrected chi connectivity index (χ1v) is 11.8. The number of aromatic nitrogens is 1. The van der Waals surface area contributed by atoms with E-state index >= 15 is 0 Å². The molecule has 1 aliphatic heterocycles. The molecule has 0 fully saturated rings. The van der Waals surface area contributed by atoms with Crippen LogP contribution in [0.15, 0.2) is 39.2 Å². The van der Waals surface area contributed by atoms with Crippen molar-refractivity contribution in [3.63, 3.8) is 0 Å². The smallest absolute Gasteiger partial charge is 0.311 e. The Hall–Kier alpha value is -3.62. The monoisotopic (exact) mass is 501 g/mol. The number of hydrogen-bond donors (Lipinski definition) is 0. The van der Waals surface area contributed by atoms with Crippen molar-refractivity contribution < 1.29 is 37.6 Å². The highest BCUT2D eigenvalue weighted by molar-refractivity contribution is 6.06. The lowest BCUT2D eigenvalue weighted by atomic mass is 9.93. The molecule has 2 aromatic heterocycles. The highest BCUT2D eigenvalue weighted by Crippen LogP contribution is 2.23. The van der Waals surface area contributed by atoms with Crippen molar-refractivity contribution in [3.05, 3.63) is 53.0 Å². The number of ether oxygens (including phenoxy) is 1. The average Bonchev–Trinajstić information content (AvgIpc) is 3.35. The SMILES string of the molecule is CC(=O)CCCC(=O)C(C(C)=O)c1cc(C)co1.CC(=O)Cc1cc(C)no1.CC1=CCCC(=O)O1. The molecule has 3 rings (SSSR count). The van der Waals surface area contributed by atoms with Gasteiger partial charge in [-0.1, -0.05) is 5.16 Å². The van der Waals surface area contributed by atoms with Gasteiger partial charge in [-0.15, -0.1) is 0 Å². The molecular formula is C27H35NO8. The molecule has 0 saturated carbocycles. The van der Waals surface area contributed by atoms with Gasteiger partial charge in [0.25, 0.3) is 0 Å². The van der Waals surface area contributed by atoms with Crippen LogP contribution in [0.25, 0.3) is 0 Å². The first kappa shape index (κ1) is 30.4. The number of Topliss-reactive ketones (excluding diaryl/α,β-unsaturated/α-hetero) is 4. The maximum atomic E-state index is 12.0. The normalized spacial score (nSPS) is 13.2. The van der Waals surface area contributed by atoms with Gasteiger partial charge in [0.15, 0.2) is 5.78 Å². The maximum absolute atomic E-state index is 12.0. The molecule has 36 heavy (non-hydrogen) atoms. The van der Waals surface area contributed by atoms with Gasteiger partial charge in [-0.2, -0.15) is 0 Å². The van der Waals surface area contributed by atoms with Crippen molar-refractivity contribution in [1.29, 1.82) is 0 Å². The number of allylic oxidation sites excluding steroid dienone is 2. The molecule has 0 saturated heterocycles. The van der Waals surface area contributed by atoms with Crippen LogP contribution in [0.1, 0.15) is 88.5 Å². The molecule has 2 aromatic rings. The molecular weight excluding hydrogens is 466 g/mol. The third-order valence-electron chi connectivity index (χ3n) is 4.87. The third kappa shape index (κ3) is 12.2. The number of aryl methyl sites for hydroxylation is 2. The second kappa shape index (κ2) is 15.4. The molecule has 1 atom stereocenters. The van der Waals surface area contributed by atoms with Gasteiger partial charge in [-0.3, -0.25) is 19.2 Å². The zero-order chi connectivity index (χ0) is 27.3. The molecule has 0 amide bonds. The summed E-state index contributed by atoms with van der Waals surface area (Å²) in [5, 5.41) is 3.64. The van der Waals surface area contributed by atoms with Crippen LogP contribution in [-0.2, 0) is 35.1 Å². The zero-order valence-electron chi connectivity index (χ0n) is 21.8. The van der Waals surface area contributed by atoms with Crippen LogP contribution >= 0.6 is 0 Å². The largest absolute Gasteiger partial charge is 0.468 e. The van der Waals surface area contributed by atoms with E-state index in [1.165, 1.54) is 27.0 Å². The fourth-order valence-electron chi connectivity index (χ4n) is 3.26. The number of cyclic esters (lactones) is 1. The summed E-state index contributed by atoms with van der Waals surface area (Å²) >= 11 is 0. The summed E-state index contributed by atoms with van der Waals surface area (Å²) in [6.07, 6.45) is 6.24. The highest BCUT2D eigenvalue weighted by atomic mass is 16.5. The van der Waals surface area contributed by atoms with E-state index in [9.17, 15) is 24.0 Å². The molecule has 0 spiro atoms. The lowest BCUT2D eigenvalue weighted by molar-refractivity contribution is -0.140. The lowest BCUT2D eigenvalue weighted by Gasteiger charge is -2.09. The average molecular weight is 502 g/mol. The Bertz CT molecular complexity index is 1090. The molecule has 0 bridgehead atoms. The summed E-state index contributed by atoms with van der Waals surface area (Å²) in [6.45, 7) is 9.85. The molecule has 1 aliphatic rings. The second-order valence-corrected chi connectivity index (χ2v) is 8.73. The minimum atomic E-state index is -0.828. The number of rotatable bonds is 9. The van der Waals surface area contributed by atoms with Crippen LogP contribution in [0.4, 0.5) is 0 Å². The van der Waals surface area contributed by atoms with Gasteiger partial charge in [0, 0.05) is 25.3 Å². The van der Waals surface area contributed by atoms with Crippen LogP contribution < -0.4 is 0 Å². The molecule has 9 nitrogen and oxygen atoms in total. The van der Waals surface area contributed by atoms with E-state index in [0.717, 1.165) is 23.4 Å². The Morgan fingerprint density at radius 2 is 1.69 bits per heavy atom. The fraction of sp³-hybridized carbons (Fsp3) is 0.481. The first-order valence-electron chi connectivity index (χ1n) is 11.8. The number of carbonyl (C=O) groups excluding carboxylic acids is 5. The molecule has 9 heteroatoms. The Kier molecular flexibility index (Phi) is 13.0. The Labute approximate surface area is 211 Å². The van der Waals surface area contributed by atoms with Crippen LogP contribution in [0.3, 0.4) is 0 Å². The van der Waals surface area contributed by atoms with Gasteiger partial charge in [0.1, 0.15) is 40.5 Å². The molecule has 3 heterocycles. The molecule has 1 unspecified atom stereocenters.